The Bertz CT molecular complexity index is 829. The highest BCUT2D eigenvalue weighted by molar-refractivity contribution is 7.92. The highest BCUT2D eigenvalue weighted by Crippen LogP contribution is 2.20. The van der Waals surface area contributed by atoms with E-state index in [0.717, 1.165) is 24.3 Å². The van der Waals surface area contributed by atoms with Gasteiger partial charge in [0.15, 0.2) is 5.78 Å². The molecule has 8 heteroatoms. The van der Waals surface area contributed by atoms with Gasteiger partial charge in [-0.3, -0.25) is 19.6 Å². The fourth-order valence-corrected chi connectivity index (χ4v) is 2.81. The summed E-state index contributed by atoms with van der Waals surface area (Å²) in [5.41, 5.74) is 0.424. The number of Topliss-reactive ketones (excluding diaryl/α,β-unsaturated/α-hetero) is 1. The van der Waals surface area contributed by atoms with E-state index in [2.05, 4.69) is 4.72 Å². The highest BCUT2D eigenvalue weighted by atomic mass is 32.2. The molecular weight excluding hydrogens is 308 g/mol. The molecule has 0 fully saturated rings. The largest absolute Gasteiger partial charge is 0.295 e. The molecule has 0 saturated heterocycles. The Balaban J connectivity index is 2.29. The van der Waals surface area contributed by atoms with Crippen LogP contribution in [-0.4, -0.2) is 19.1 Å². The first-order valence-corrected chi connectivity index (χ1v) is 7.66. The van der Waals surface area contributed by atoms with Gasteiger partial charge in [0.1, 0.15) is 0 Å². The molecule has 0 heterocycles. The maximum absolute atomic E-state index is 12.2. The molecule has 0 saturated carbocycles. The number of hydrogen-bond donors (Lipinski definition) is 1. The van der Waals surface area contributed by atoms with Crippen LogP contribution < -0.4 is 4.72 Å². The number of sulfonamides is 1. The molecule has 7 nitrogen and oxygen atoms in total. The third-order valence-electron chi connectivity index (χ3n) is 2.88. The Labute approximate surface area is 126 Å². The van der Waals surface area contributed by atoms with Gasteiger partial charge in [0.2, 0.25) is 0 Å². The molecule has 1 N–H and O–H groups in total. The van der Waals surface area contributed by atoms with E-state index in [1.807, 2.05) is 0 Å². The van der Waals surface area contributed by atoms with Gasteiger partial charge in [-0.05, 0) is 31.2 Å². The lowest BCUT2D eigenvalue weighted by Crippen LogP contribution is -2.13. The van der Waals surface area contributed by atoms with Crippen molar-refractivity contribution in [2.24, 2.45) is 0 Å². The van der Waals surface area contributed by atoms with Crippen molar-refractivity contribution in [2.45, 2.75) is 11.8 Å². The van der Waals surface area contributed by atoms with E-state index >= 15 is 0 Å². The summed E-state index contributed by atoms with van der Waals surface area (Å²) in [6.45, 7) is 1.38. The summed E-state index contributed by atoms with van der Waals surface area (Å²) in [4.78, 5) is 21.1. The molecule has 22 heavy (non-hydrogen) atoms. The van der Waals surface area contributed by atoms with Gasteiger partial charge in [0.05, 0.1) is 9.82 Å². The van der Waals surface area contributed by atoms with Gasteiger partial charge < -0.3 is 0 Å². The number of benzene rings is 2. The quantitative estimate of drug-likeness (QED) is 0.517. The molecule has 2 aromatic carbocycles. The van der Waals surface area contributed by atoms with Crippen molar-refractivity contribution in [3.63, 3.8) is 0 Å². The van der Waals surface area contributed by atoms with Crippen LogP contribution in [0.2, 0.25) is 0 Å². The lowest BCUT2D eigenvalue weighted by molar-refractivity contribution is -0.384. The minimum atomic E-state index is -3.88. The Kier molecular flexibility index (Phi) is 4.22. The maximum Gasteiger partial charge on any atom is 0.269 e. The van der Waals surface area contributed by atoms with Crippen LogP contribution in [0, 0.1) is 10.1 Å². The van der Waals surface area contributed by atoms with Gasteiger partial charge in [-0.2, -0.15) is 0 Å². The van der Waals surface area contributed by atoms with Gasteiger partial charge in [-0.1, -0.05) is 12.1 Å². The highest BCUT2D eigenvalue weighted by Gasteiger charge is 2.16. The number of ketones is 1. The van der Waals surface area contributed by atoms with Crippen LogP contribution in [0.5, 0.6) is 0 Å². The van der Waals surface area contributed by atoms with Crippen LogP contribution in [0.15, 0.2) is 53.4 Å². The van der Waals surface area contributed by atoms with Crippen LogP contribution in [0.3, 0.4) is 0 Å². The second-order valence-corrected chi connectivity index (χ2v) is 6.18. The zero-order chi connectivity index (χ0) is 16.3. The van der Waals surface area contributed by atoms with Crippen molar-refractivity contribution in [1.82, 2.24) is 0 Å². The number of carbonyl (C=O) groups is 1. The zero-order valence-corrected chi connectivity index (χ0v) is 12.3. The Morgan fingerprint density at radius 1 is 1.14 bits per heavy atom. The molecule has 0 aliphatic heterocycles. The third kappa shape index (κ3) is 3.47. The number of nitrogens with zero attached hydrogens (tertiary/aromatic N) is 1. The van der Waals surface area contributed by atoms with Crippen LogP contribution >= 0.6 is 0 Å². The Hall–Kier alpha value is -2.74. The topological polar surface area (TPSA) is 106 Å². The van der Waals surface area contributed by atoms with Gasteiger partial charge in [0, 0.05) is 23.4 Å². The minimum Gasteiger partial charge on any atom is -0.295 e. The van der Waals surface area contributed by atoms with E-state index in [0.29, 0.717) is 5.56 Å². The SMILES string of the molecule is CC(=O)c1cccc(NS(=O)(=O)c2ccc([N+](=O)[O-])cc2)c1. The molecule has 0 aromatic heterocycles. The predicted molar refractivity (Wildman–Crippen MR) is 80.4 cm³/mol. The first-order valence-electron chi connectivity index (χ1n) is 6.18. The lowest BCUT2D eigenvalue weighted by atomic mass is 10.1. The molecule has 114 valence electrons. The van der Waals surface area contributed by atoms with Crippen molar-refractivity contribution >= 4 is 27.2 Å². The van der Waals surface area contributed by atoms with E-state index in [-0.39, 0.29) is 22.1 Å². The number of non-ortho nitro benzene ring substituents is 1. The molecule has 0 bridgehead atoms. The molecule has 0 aliphatic rings. The van der Waals surface area contributed by atoms with Crippen LogP contribution in [0.1, 0.15) is 17.3 Å². The fraction of sp³-hybridized carbons (Fsp3) is 0.0714. The molecule has 2 aromatic rings. The van der Waals surface area contributed by atoms with Gasteiger partial charge in [0.25, 0.3) is 15.7 Å². The number of rotatable bonds is 5. The number of nitro groups is 1. The molecule has 0 aliphatic carbocycles. The second kappa shape index (κ2) is 5.94. The minimum absolute atomic E-state index is 0.105. The van der Waals surface area contributed by atoms with Crippen LogP contribution in [0.25, 0.3) is 0 Å². The maximum atomic E-state index is 12.2. The fourth-order valence-electron chi connectivity index (χ4n) is 1.76. The van der Waals surface area contributed by atoms with Crippen molar-refractivity contribution in [3.8, 4) is 0 Å². The smallest absolute Gasteiger partial charge is 0.269 e. The standard InChI is InChI=1S/C14H12N2O5S/c1-10(17)11-3-2-4-12(9-11)15-22(20,21)14-7-5-13(6-8-14)16(18)19/h2-9,15H,1H3. The van der Waals surface area contributed by atoms with Crippen molar-refractivity contribution in [3.05, 3.63) is 64.2 Å². The van der Waals surface area contributed by atoms with E-state index in [1.54, 1.807) is 12.1 Å². The normalized spacial score (nSPS) is 11.0. The Morgan fingerprint density at radius 2 is 1.77 bits per heavy atom. The average molecular weight is 320 g/mol. The molecule has 2 rings (SSSR count). The molecule has 0 radical (unpaired) electrons. The first kappa shape index (κ1) is 15.6. The summed E-state index contributed by atoms with van der Waals surface area (Å²) in [7, 11) is -3.88. The van der Waals surface area contributed by atoms with E-state index in [1.165, 1.54) is 19.1 Å². The number of nitrogens with one attached hydrogen (secondary N) is 1. The zero-order valence-electron chi connectivity index (χ0n) is 11.5. The summed E-state index contributed by atoms with van der Waals surface area (Å²) in [6.07, 6.45) is 0. The number of hydrogen-bond acceptors (Lipinski definition) is 5. The predicted octanol–water partition coefficient (Wildman–Crippen LogP) is 2.60. The van der Waals surface area contributed by atoms with E-state index in [9.17, 15) is 23.3 Å². The summed E-state index contributed by atoms with van der Waals surface area (Å²) < 4.78 is 26.7. The Morgan fingerprint density at radius 3 is 2.32 bits per heavy atom. The molecule has 0 spiro atoms. The van der Waals surface area contributed by atoms with E-state index < -0.39 is 14.9 Å². The van der Waals surface area contributed by atoms with Gasteiger partial charge in [-0.25, -0.2) is 8.42 Å². The summed E-state index contributed by atoms with van der Waals surface area (Å²) in [5.74, 6) is -0.184. The summed E-state index contributed by atoms with van der Waals surface area (Å²) in [5, 5.41) is 10.6. The summed E-state index contributed by atoms with van der Waals surface area (Å²) in [6, 6.07) is 10.6. The number of nitro benzene ring substituents is 1. The number of anilines is 1. The van der Waals surface area contributed by atoms with Crippen molar-refractivity contribution in [1.29, 1.82) is 0 Å². The average Bonchev–Trinajstić information content (AvgIpc) is 2.47. The van der Waals surface area contributed by atoms with Gasteiger partial charge in [-0.15, -0.1) is 0 Å². The van der Waals surface area contributed by atoms with Gasteiger partial charge >= 0.3 is 0 Å². The summed E-state index contributed by atoms with van der Waals surface area (Å²) >= 11 is 0. The van der Waals surface area contributed by atoms with Crippen LogP contribution in [0.4, 0.5) is 11.4 Å². The molecule has 0 atom stereocenters. The molecule has 0 amide bonds. The van der Waals surface area contributed by atoms with Crippen molar-refractivity contribution in [2.75, 3.05) is 4.72 Å². The molecular formula is C14H12N2O5S. The molecule has 0 unspecified atom stereocenters. The first-order chi connectivity index (χ1) is 10.3. The third-order valence-corrected chi connectivity index (χ3v) is 4.28. The number of carbonyl (C=O) groups excluding carboxylic acids is 1. The van der Waals surface area contributed by atoms with Crippen molar-refractivity contribution < 1.29 is 18.1 Å². The monoisotopic (exact) mass is 320 g/mol. The van der Waals surface area contributed by atoms with E-state index in [4.69, 9.17) is 0 Å². The second-order valence-electron chi connectivity index (χ2n) is 4.49. The van der Waals surface area contributed by atoms with Crippen LogP contribution in [-0.2, 0) is 10.0 Å². The lowest BCUT2D eigenvalue weighted by Gasteiger charge is -2.08.